The molecule has 1 atom stereocenters. The largest absolute Gasteiger partial charge is 0.352 e. The van der Waals surface area contributed by atoms with E-state index in [1.807, 2.05) is 32.2 Å². The van der Waals surface area contributed by atoms with Gasteiger partial charge in [-0.3, -0.25) is 4.79 Å². The molecule has 2 N–H and O–H groups in total. The van der Waals surface area contributed by atoms with Crippen molar-refractivity contribution in [1.82, 2.24) is 10.6 Å². The minimum Gasteiger partial charge on any atom is -0.352 e. The highest BCUT2D eigenvalue weighted by Crippen LogP contribution is 2.06. The number of carbonyl (C=O) groups excluding carboxylic acids is 1. The molecule has 0 aliphatic carbocycles. The maximum atomic E-state index is 11.7. The molecule has 1 amide bonds. The minimum absolute atomic E-state index is 0. The van der Waals surface area contributed by atoms with Gasteiger partial charge in [0, 0.05) is 19.0 Å². The maximum absolute atomic E-state index is 11.7. The van der Waals surface area contributed by atoms with Gasteiger partial charge in [-0.15, -0.1) is 12.4 Å². The molecule has 0 bridgehead atoms. The summed E-state index contributed by atoms with van der Waals surface area (Å²) in [4.78, 5) is 11.7. The zero-order chi connectivity index (χ0) is 12.0. The van der Waals surface area contributed by atoms with Crippen LogP contribution in [0.4, 0.5) is 0 Å². The van der Waals surface area contributed by atoms with Crippen molar-refractivity contribution in [2.45, 2.75) is 20.4 Å². The van der Waals surface area contributed by atoms with E-state index in [4.69, 9.17) is 0 Å². The predicted molar refractivity (Wildman–Crippen MR) is 73.4 cm³/mol. The Morgan fingerprint density at radius 2 is 2.00 bits per heavy atom. The van der Waals surface area contributed by atoms with E-state index in [2.05, 4.69) is 23.6 Å². The lowest BCUT2D eigenvalue weighted by atomic mass is 10.1. The van der Waals surface area contributed by atoms with Gasteiger partial charge in [0.1, 0.15) is 0 Å². The molecule has 0 saturated heterocycles. The highest BCUT2D eigenvalue weighted by atomic mass is 35.5. The Morgan fingerprint density at radius 1 is 1.35 bits per heavy atom. The molecule has 0 fully saturated rings. The van der Waals surface area contributed by atoms with E-state index >= 15 is 0 Å². The van der Waals surface area contributed by atoms with E-state index in [1.165, 1.54) is 11.1 Å². The third-order valence-corrected chi connectivity index (χ3v) is 2.67. The maximum Gasteiger partial charge on any atom is 0.224 e. The van der Waals surface area contributed by atoms with Gasteiger partial charge >= 0.3 is 0 Å². The second-order valence-electron chi connectivity index (χ2n) is 4.10. The van der Waals surface area contributed by atoms with Crippen LogP contribution in [0, 0.1) is 12.8 Å². The first-order chi connectivity index (χ1) is 7.65. The van der Waals surface area contributed by atoms with E-state index in [0.717, 1.165) is 0 Å². The first-order valence-electron chi connectivity index (χ1n) is 5.62. The summed E-state index contributed by atoms with van der Waals surface area (Å²) in [5.41, 5.74) is 2.39. The van der Waals surface area contributed by atoms with Gasteiger partial charge < -0.3 is 10.6 Å². The summed E-state index contributed by atoms with van der Waals surface area (Å²) < 4.78 is 0. The molecule has 3 nitrogen and oxygen atoms in total. The van der Waals surface area contributed by atoms with Crippen molar-refractivity contribution in [3.63, 3.8) is 0 Å². The molecule has 0 aliphatic rings. The molecule has 1 aromatic carbocycles. The van der Waals surface area contributed by atoms with Gasteiger partial charge in [-0.2, -0.15) is 0 Å². The third kappa shape index (κ3) is 5.20. The molecular weight excluding hydrogens is 236 g/mol. The Balaban J connectivity index is 0.00000256. The average molecular weight is 257 g/mol. The van der Waals surface area contributed by atoms with Gasteiger partial charge in [-0.25, -0.2) is 0 Å². The summed E-state index contributed by atoms with van der Waals surface area (Å²) >= 11 is 0. The molecule has 0 aliphatic heterocycles. The third-order valence-electron chi connectivity index (χ3n) is 2.67. The molecule has 96 valence electrons. The molecule has 4 heteroatoms. The number of aryl methyl sites for hydroxylation is 1. The van der Waals surface area contributed by atoms with Crippen LogP contribution in [0.5, 0.6) is 0 Å². The van der Waals surface area contributed by atoms with Crippen LogP contribution in [0.1, 0.15) is 18.1 Å². The number of halogens is 1. The van der Waals surface area contributed by atoms with Crippen molar-refractivity contribution >= 4 is 18.3 Å². The molecule has 17 heavy (non-hydrogen) atoms. The summed E-state index contributed by atoms with van der Waals surface area (Å²) in [6.07, 6.45) is 0. The van der Waals surface area contributed by atoms with Crippen molar-refractivity contribution in [3.05, 3.63) is 35.4 Å². The average Bonchev–Trinajstić information content (AvgIpc) is 2.28. The van der Waals surface area contributed by atoms with Crippen LogP contribution in [-0.2, 0) is 11.3 Å². The van der Waals surface area contributed by atoms with Crippen molar-refractivity contribution in [3.8, 4) is 0 Å². The molecule has 0 spiro atoms. The van der Waals surface area contributed by atoms with E-state index in [0.29, 0.717) is 13.1 Å². The van der Waals surface area contributed by atoms with E-state index in [-0.39, 0.29) is 24.2 Å². The molecule has 1 rings (SSSR count). The zero-order valence-electron chi connectivity index (χ0n) is 10.6. The monoisotopic (exact) mass is 256 g/mol. The van der Waals surface area contributed by atoms with Gasteiger partial charge in [0.15, 0.2) is 0 Å². The SMILES string of the molecule is CNCC(C)C(=O)NCc1ccccc1C.Cl. The smallest absolute Gasteiger partial charge is 0.224 e. The van der Waals surface area contributed by atoms with Crippen molar-refractivity contribution in [2.75, 3.05) is 13.6 Å². The highest BCUT2D eigenvalue weighted by Gasteiger charge is 2.11. The number of hydrogen-bond donors (Lipinski definition) is 2. The van der Waals surface area contributed by atoms with Crippen molar-refractivity contribution in [1.29, 1.82) is 0 Å². The molecule has 0 heterocycles. The van der Waals surface area contributed by atoms with Crippen molar-refractivity contribution < 1.29 is 4.79 Å². The molecule has 1 aromatic rings. The van der Waals surface area contributed by atoms with Gasteiger partial charge in [0.05, 0.1) is 0 Å². The summed E-state index contributed by atoms with van der Waals surface area (Å²) in [5.74, 6) is 0.103. The second kappa shape index (κ2) is 8.09. The predicted octanol–water partition coefficient (Wildman–Crippen LogP) is 1.89. The Bertz CT molecular complexity index is 355. The summed E-state index contributed by atoms with van der Waals surface area (Å²) in [6, 6.07) is 8.09. The Hall–Kier alpha value is -1.06. The number of hydrogen-bond acceptors (Lipinski definition) is 2. The lowest BCUT2D eigenvalue weighted by molar-refractivity contribution is -0.124. The fraction of sp³-hybridized carbons (Fsp3) is 0.462. The van der Waals surface area contributed by atoms with Crippen LogP contribution >= 0.6 is 12.4 Å². The second-order valence-corrected chi connectivity index (χ2v) is 4.10. The fourth-order valence-electron chi connectivity index (χ4n) is 1.56. The Morgan fingerprint density at radius 3 is 2.59 bits per heavy atom. The zero-order valence-corrected chi connectivity index (χ0v) is 11.4. The van der Waals surface area contributed by atoms with Gasteiger partial charge in [-0.1, -0.05) is 31.2 Å². The van der Waals surface area contributed by atoms with E-state index in [9.17, 15) is 4.79 Å². The van der Waals surface area contributed by atoms with Crippen LogP contribution in [-0.4, -0.2) is 19.5 Å². The lowest BCUT2D eigenvalue weighted by Crippen LogP contribution is -2.34. The summed E-state index contributed by atoms with van der Waals surface area (Å²) in [7, 11) is 1.85. The number of carbonyl (C=O) groups is 1. The fourth-order valence-corrected chi connectivity index (χ4v) is 1.56. The molecule has 0 radical (unpaired) electrons. The minimum atomic E-state index is 0. The number of benzene rings is 1. The Labute approximate surface area is 109 Å². The highest BCUT2D eigenvalue weighted by molar-refractivity contribution is 5.85. The molecule has 0 saturated carbocycles. The lowest BCUT2D eigenvalue weighted by Gasteiger charge is -2.12. The summed E-state index contributed by atoms with van der Waals surface area (Å²) in [5, 5.41) is 5.94. The van der Waals surface area contributed by atoms with Gasteiger partial charge in [-0.05, 0) is 25.1 Å². The first-order valence-corrected chi connectivity index (χ1v) is 5.62. The standard InChI is InChI=1S/C13H20N2O.ClH/c1-10-6-4-5-7-12(10)9-15-13(16)11(2)8-14-3;/h4-7,11,14H,8-9H2,1-3H3,(H,15,16);1H. The molecule has 0 aromatic heterocycles. The van der Waals surface area contributed by atoms with E-state index in [1.54, 1.807) is 0 Å². The number of nitrogens with one attached hydrogen (secondary N) is 2. The first kappa shape index (κ1) is 15.9. The van der Waals surface area contributed by atoms with Crippen LogP contribution in [0.25, 0.3) is 0 Å². The van der Waals surface area contributed by atoms with Crippen LogP contribution in [0.2, 0.25) is 0 Å². The van der Waals surface area contributed by atoms with Crippen LogP contribution in [0.15, 0.2) is 24.3 Å². The molecule has 1 unspecified atom stereocenters. The topological polar surface area (TPSA) is 41.1 Å². The Kier molecular flexibility index (Phi) is 7.59. The molecular formula is C13H21ClN2O. The number of amides is 1. The summed E-state index contributed by atoms with van der Waals surface area (Å²) in [6.45, 7) is 5.29. The quantitative estimate of drug-likeness (QED) is 0.845. The normalized spacial score (nSPS) is 11.5. The van der Waals surface area contributed by atoms with Gasteiger partial charge in [0.2, 0.25) is 5.91 Å². The number of rotatable bonds is 5. The van der Waals surface area contributed by atoms with Crippen LogP contribution < -0.4 is 10.6 Å². The van der Waals surface area contributed by atoms with Crippen LogP contribution in [0.3, 0.4) is 0 Å². The van der Waals surface area contributed by atoms with E-state index < -0.39 is 0 Å². The van der Waals surface area contributed by atoms with Gasteiger partial charge in [0.25, 0.3) is 0 Å². The van der Waals surface area contributed by atoms with Crippen molar-refractivity contribution in [2.24, 2.45) is 5.92 Å².